The third-order valence-electron chi connectivity index (χ3n) is 2.16. The van der Waals surface area contributed by atoms with Crippen molar-refractivity contribution < 1.29 is 4.79 Å². The van der Waals surface area contributed by atoms with E-state index in [0.717, 1.165) is 6.42 Å². The normalized spacial score (nSPS) is 16.2. The predicted molar refractivity (Wildman–Crippen MR) is 52.2 cm³/mol. The fraction of sp³-hybridized carbons (Fsp3) is 0.900. The third kappa shape index (κ3) is 3.86. The summed E-state index contributed by atoms with van der Waals surface area (Å²) in [6, 6.07) is 0.419. The third-order valence-corrected chi connectivity index (χ3v) is 2.16. The summed E-state index contributed by atoms with van der Waals surface area (Å²) in [6.45, 7) is 10.0. The van der Waals surface area contributed by atoms with E-state index in [1.165, 1.54) is 0 Å². The number of hydrogen-bond acceptors (Lipinski definition) is 2. The lowest BCUT2D eigenvalue weighted by Crippen LogP contribution is -2.44. The monoisotopic (exact) mass is 171 g/mol. The van der Waals surface area contributed by atoms with E-state index in [0.29, 0.717) is 12.0 Å². The Morgan fingerprint density at radius 1 is 1.33 bits per heavy atom. The highest BCUT2D eigenvalue weighted by atomic mass is 16.1. The molecule has 12 heavy (non-hydrogen) atoms. The van der Waals surface area contributed by atoms with Crippen molar-refractivity contribution in [2.24, 2.45) is 5.92 Å². The second kappa shape index (κ2) is 5.31. The topological polar surface area (TPSA) is 29.1 Å². The molecule has 2 heteroatoms. The fourth-order valence-corrected chi connectivity index (χ4v) is 1.28. The Morgan fingerprint density at radius 2 is 1.83 bits per heavy atom. The summed E-state index contributed by atoms with van der Waals surface area (Å²) >= 11 is 0. The van der Waals surface area contributed by atoms with Crippen LogP contribution in [0.5, 0.6) is 0 Å². The van der Waals surface area contributed by atoms with Crippen LogP contribution in [0.4, 0.5) is 0 Å². The summed E-state index contributed by atoms with van der Waals surface area (Å²) < 4.78 is 0. The van der Waals surface area contributed by atoms with Crippen molar-refractivity contribution in [1.29, 1.82) is 0 Å². The minimum Gasteiger partial charge on any atom is -0.305 e. The van der Waals surface area contributed by atoms with Gasteiger partial charge in [0.05, 0.1) is 6.04 Å². The molecule has 0 spiro atoms. The lowest BCUT2D eigenvalue weighted by atomic mass is 9.95. The predicted octanol–water partition coefficient (Wildman–Crippen LogP) is 1.99. The van der Waals surface area contributed by atoms with Gasteiger partial charge in [-0.15, -0.1) is 0 Å². The Balaban J connectivity index is 4.13. The first kappa shape index (κ1) is 11.6. The molecule has 0 aromatic heterocycles. The summed E-state index contributed by atoms with van der Waals surface area (Å²) in [5.74, 6) is 0.683. The van der Waals surface area contributed by atoms with Gasteiger partial charge in [-0.25, -0.2) is 0 Å². The van der Waals surface area contributed by atoms with Crippen LogP contribution in [0.15, 0.2) is 0 Å². The Labute approximate surface area is 75.7 Å². The molecule has 2 nitrogen and oxygen atoms in total. The molecule has 0 radical (unpaired) electrons. The van der Waals surface area contributed by atoms with Crippen LogP contribution in [0.1, 0.15) is 41.0 Å². The number of rotatable bonds is 5. The van der Waals surface area contributed by atoms with E-state index in [-0.39, 0.29) is 11.8 Å². The molecule has 0 fully saturated rings. The Kier molecular flexibility index (Phi) is 5.14. The second-order valence-corrected chi connectivity index (χ2v) is 3.80. The van der Waals surface area contributed by atoms with Gasteiger partial charge in [0.1, 0.15) is 5.78 Å². The number of Topliss-reactive ketones (excluding diaryl/α,β-unsaturated/α-hetero) is 1. The molecule has 0 aliphatic heterocycles. The maximum absolute atomic E-state index is 11.2. The van der Waals surface area contributed by atoms with Crippen molar-refractivity contribution in [3.05, 3.63) is 0 Å². The van der Waals surface area contributed by atoms with Crippen LogP contribution < -0.4 is 5.32 Å². The van der Waals surface area contributed by atoms with Gasteiger partial charge in [0.25, 0.3) is 0 Å². The first-order valence-corrected chi connectivity index (χ1v) is 4.75. The van der Waals surface area contributed by atoms with Gasteiger partial charge in [0, 0.05) is 6.04 Å². The smallest absolute Gasteiger partial charge is 0.146 e. The van der Waals surface area contributed by atoms with Crippen LogP contribution in [0, 0.1) is 5.92 Å². The molecular formula is C10H21NO. The Morgan fingerprint density at radius 3 is 2.08 bits per heavy atom. The van der Waals surface area contributed by atoms with Gasteiger partial charge in [-0.1, -0.05) is 34.1 Å². The van der Waals surface area contributed by atoms with E-state index in [2.05, 4.69) is 33.0 Å². The van der Waals surface area contributed by atoms with Crippen LogP contribution in [0.25, 0.3) is 0 Å². The lowest BCUT2D eigenvalue weighted by molar-refractivity contribution is -0.120. The van der Waals surface area contributed by atoms with Gasteiger partial charge in [-0.05, 0) is 12.8 Å². The molecule has 0 rings (SSSR count). The van der Waals surface area contributed by atoms with Gasteiger partial charge < -0.3 is 5.32 Å². The van der Waals surface area contributed by atoms with E-state index in [4.69, 9.17) is 0 Å². The van der Waals surface area contributed by atoms with Crippen LogP contribution >= 0.6 is 0 Å². The van der Waals surface area contributed by atoms with Gasteiger partial charge in [-0.3, -0.25) is 4.79 Å². The van der Waals surface area contributed by atoms with Crippen molar-refractivity contribution in [2.45, 2.75) is 53.1 Å². The second-order valence-electron chi connectivity index (χ2n) is 3.80. The van der Waals surface area contributed by atoms with Crippen LogP contribution in [0.2, 0.25) is 0 Å². The van der Waals surface area contributed by atoms with Crippen molar-refractivity contribution in [2.75, 3.05) is 0 Å². The highest BCUT2D eigenvalue weighted by Crippen LogP contribution is 2.09. The summed E-state index contributed by atoms with van der Waals surface area (Å²) in [5, 5.41) is 3.28. The van der Waals surface area contributed by atoms with E-state index >= 15 is 0 Å². The molecule has 0 saturated carbocycles. The lowest BCUT2D eigenvalue weighted by Gasteiger charge is -2.23. The highest BCUT2D eigenvalue weighted by Gasteiger charge is 2.20. The van der Waals surface area contributed by atoms with Crippen molar-refractivity contribution in [1.82, 2.24) is 5.32 Å². The molecule has 0 aromatic carbocycles. The van der Waals surface area contributed by atoms with Gasteiger partial charge in [0.2, 0.25) is 0 Å². The molecule has 1 N–H and O–H groups in total. The maximum atomic E-state index is 11.2. The molecule has 0 saturated heterocycles. The maximum Gasteiger partial charge on any atom is 0.146 e. The van der Waals surface area contributed by atoms with Crippen LogP contribution in [-0.4, -0.2) is 17.9 Å². The van der Waals surface area contributed by atoms with Gasteiger partial charge >= 0.3 is 0 Å². The molecule has 2 atom stereocenters. The Bertz CT molecular complexity index is 143. The zero-order valence-corrected chi connectivity index (χ0v) is 8.85. The molecule has 0 amide bonds. The quantitative estimate of drug-likeness (QED) is 0.685. The van der Waals surface area contributed by atoms with Crippen LogP contribution in [0.3, 0.4) is 0 Å². The molecule has 0 aliphatic rings. The zero-order valence-electron chi connectivity index (χ0n) is 8.85. The largest absolute Gasteiger partial charge is 0.305 e. The Hall–Kier alpha value is -0.370. The van der Waals surface area contributed by atoms with Crippen molar-refractivity contribution in [3.63, 3.8) is 0 Å². The standard InChI is InChI=1S/C10H21NO/c1-6-8(4)10(9(5)12)11-7(2)3/h7-8,10-11H,6H2,1-5H3/t8-,10-/m0/s1. The number of carbonyl (C=O) groups excluding carboxylic acids is 1. The highest BCUT2D eigenvalue weighted by molar-refractivity contribution is 5.81. The number of carbonyl (C=O) groups is 1. The van der Waals surface area contributed by atoms with Crippen LogP contribution in [-0.2, 0) is 4.79 Å². The molecule has 0 bridgehead atoms. The average Bonchev–Trinajstić information content (AvgIpc) is 1.98. The number of nitrogens with one attached hydrogen (secondary N) is 1. The molecule has 0 unspecified atom stereocenters. The SMILES string of the molecule is CC[C@H](C)[C@H](NC(C)C)C(C)=O. The van der Waals surface area contributed by atoms with Crippen molar-refractivity contribution >= 4 is 5.78 Å². The number of ketones is 1. The first-order chi connectivity index (χ1) is 5.49. The summed E-state index contributed by atoms with van der Waals surface area (Å²) in [6.07, 6.45) is 1.05. The van der Waals surface area contributed by atoms with Gasteiger partial charge in [0.15, 0.2) is 0 Å². The first-order valence-electron chi connectivity index (χ1n) is 4.75. The minimum atomic E-state index is 0.0370. The van der Waals surface area contributed by atoms with Crippen molar-refractivity contribution in [3.8, 4) is 0 Å². The van der Waals surface area contributed by atoms with E-state index in [1.807, 2.05) is 0 Å². The molecule has 0 aromatic rings. The minimum absolute atomic E-state index is 0.0370. The average molecular weight is 171 g/mol. The summed E-state index contributed by atoms with van der Waals surface area (Å²) in [5.41, 5.74) is 0. The fourth-order valence-electron chi connectivity index (χ4n) is 1.28. The van der Waals surface area contributed by atoms with Gasteiger partial charge in [-0.2, -0.15) is 0 Å². The zero-order chi connectivity index (χ0) is 9.72. The molecule has 0 heterocycles. The molecule has 72 valence electrons. The summed E-state index contributed by atoms with van der Waals surface area (Å²) in [4.78, 5) is 11.2. The molecule has 0 aliphatic carbocycles. The van der Waals surface area contributed by atoms with E-state index in [1.54, 1.807) is 6.92 Å². The molecular weight excluding hydrogens is 150 g/mol. The summed E-state index contributed by atoms with van der Waals surface area (Å²) in [7, 11) is 0. The number of hydrogen-bond donors (Lipinski definition) is 1. The van der Waals surface area contributed by atoms with E-state index < -0.39 is 0 Å². The van der Waals surface area contributed by atoms with E-state index in [9.17, 15) is 4.79 Å².